The lowest BCUT2D eigenvalue weighted by molar-refractivity contribution is -0.140. The third-order valence-electron chi connectivity index (χ3n) is 6.39. The molecular weight excluding hydrogens is 304 g/mol. The highest BCUT2D eigenvalue weighted by molar-refractivity contribution is 5.98. The zero-order chi connectivity index (χ0) is 16.3. The van der Waals surface area contributed by atoms with Gasteiger partial charge in [-0.3, -0.25) is 9.59 Å². The Hall–Kier alpha value is -2.04. The van der Waals surface area contributed by atoms with Crippen molar-refractivity contribution < 1.29 is 14.3 Å². The number of amides is 2. The number of nitrogens with one attached hydrogen (secondary N) is 2. The van der Waals surface area contributed by atoms with Crippen molar-refractivity contribution in [1.82, 2.24) is 0 Å². The highest BCUT2D eigenvalue weighted by atomic mass is 16.5. The molecule has 2 N–H and O–H groups in total. The number of hydrogen-bond acceptors (Lipinski definition) is 3. The molecule has 5 nitrogen and oxygen atoms in total. The number of hydrogen-bond donors (Lipinski definition) is 2. The zero-order valence-electron chi connectivity index (χ0n) is 13.6. The van der Waals surface area contributed by atoms with Gasteiger partial charge in [0.05, 0.1) is 11.1 Å². The van der Waals surface area contributed by atoms with E-state index in [-0.39, 0.29) is 23.8 Å². The van der Waals surface area contributed by atoms with E-state index in [1.165, 1.54) is 19.3 Å². The Morgan fingerprint density at radius 1 is 1.12 bits per heavy atom. The van der Waals surface area contributed by atoms with Crippen LogP contribution in [0.2, 0.25) is 0 Å². The second-order valence-electron chi connectivity index (χ2n) is 8.20. The Morgan fingerprint density at radius 2 is 1.79 bits per heavy atom. The minimum Gasteiger partial charge on any atom is -0.482 e. The normalized spacial score (nSPS) is 35.8. The molecule has 1 aliphatic heterocycles. The van der Waals surface area contributed by atoms with Crippen LogP contribution < -0.4 is 15.4 Å². The van der Waals surface area contributed by atoms with Crippen molar-refractivity contribution in [2.75, 3.05) is 17.2 Å². The third kappa shape index (κ3) is 2.21. The molecule has 4 aliphatic carbocycles. The van der Waals surface area contributed by atoms with Crippen molar-refractivity contribution in [3.8, 4) is 5.75 Å². The molecule has 0 atom stereocenters. The smallest absolute Gasteiger partial charge is 0.262 e. The number of rotatable bonds is 2. The minimum atomic E-state index is -0.153. The fraction of sp³-hybridized carbons (Fsp3) is 0.579. The monoisotopic (exact) mass is 326 g/mol. The van der Waals surface area contributed by atoms with Crippen LogP contribution in [-0.2, 0) is 9.59 Å². The largest absolute Gasteiger partial charge is 0.482 e. The third-order valence-corrected chi connectivity index (χ3v) is 6.39. The van der Waals surface area contributed by atoms with Gasteiger partial charge >= 0.3 is 0 Å². The van der Waals surface area contributed by atoms with Crippen LogP contribution in [0.25, 0.3) is 0 Å². The average Bonchev–Trinajstić information content (AvgIpc) is 2.54. The first-order valence-corrected chi connectivity index (χ1v) is 8.98. The molecule has 0 saturated heterocycles. The molecule has 4 saturated carbocycles. The van der Waals surface area contributed by atoms with Crippen LogP contribution in [0.1, 0.15) is 38.5 Å². The van der Waals surface area contributed by atoms with Crippen LogP contribution in [0.5, 0.6) is 5.75 Å². The molecule has 0 spiro atoms. The Labute approximate surface area is 141 Å². The Morgan fingerprint density at radius 3 is 2.46 bits per heavy atom. The van der Waals surface area contributed by atoms with E-state index in [1.807, 2.05) is 12.1 Å². The van der Waals surface area contributed by atoms with Crippen LogP contribution in [-0.4, -0.2) is 18.4 Å². The van der Waals surface area contributed by atoms with E-state index >= 15 is 0 Å². The van der Waals surface area contributed by atoms with Gasteiger partial charge < -0.3 is 15.4 Å². The lowest BCUT2D eigenvalue weighted by Gasteiger charge is -2.55. The Bertz CT molecular complexity index is 692. The SMILES string of the molecule is O=C1COc2cc(NC(=O)C34CC5CC(CC(C5)C3)C4)ccc2N1. The van der Waals surface area contributed by atoms with Gasteiger partial charge in [-0.2, -0.15) is 0 Å². The number of benzene rings is 1. The van der Waals surface area contributed by atoms with E-state index in [1.54, 1.807) is 6.07 Å². The number of carbonyl (C=O) groups is 2. The predicted octanol–water partition coefficient (Wildman–Crippen LogP) is 3.17. The molecule has 5 heteroatoms. The highest BCUT2D eigenvalue weighted by Gasteiger charge is 2.54. The van der Waals surface area contributed by atoms with E-state index < -0.39 is 0 Å². The van der Waals surface area contributed by atoms with E-state index in [0.717, 1.165) is 42.7 Å². The van der Waals surface area contributed by atoms with Crippen LogP contribution in [0.3, 0.4) is 0 Å². The topological polar surface area (TPSA) is 67.4 Å². The zero-order valence-corrected chi connectivity index (χ0v) is 13.6. The fourth-order valence-corrected chi connectivity index (χ4v) is 5.80. The van der Waals surface area contributed by atoms with Gasteiger partial charge in [-0.15, -0.1) is 0 Å². The summed E-state index contributed by atoms with van der Waals surface area (Å²) in [6, 6.07) is 5.45. The molecule has 4 fully saturated rings. The van der Waals surface area contributed by atoms with E-state index in [0.29, 0.717) is 11.4 Å². The molecule has 5 aliphatic rings. The van der Waals surface area contributed by atoms with E-state index in [9.17, 15) is 9.59 Å². The fourth-order valence-electron chi connectivity index (χ4n) is 5.80. The molecule has 126 valence electrons. The van der Waals surface area contributed by atoms with Gasteiger partial charge in [0.15, 0.2) is 6.61 Å². The Kier molecular flexibility index (Phi) is 2.97. The van der Waals surface area contributed by atoms with Crippen LogP contribution in [0.15, 0.2) is 18.2 Å². The molecule has 6 rings (SSSR count). The van der Waals surface area contributed by atoms with Crippen LogP contribution in [0, 0.1) is 23.2 Å². The quantitative estimate of drug-likeness (QED) is 0.877. The molecule has 4 bridgehead atoms. The number of fused-ring (bicyclic) bond motifs is 1. The molecule has 0 radical (unpaired) electrons. The van der Waals surface area contributed by atoms with Crippen molar-refractivity contribution in [2.24, 2.45) is 23.2 Å². The van der Waals surface area contributed by atoms with Gasteiger partial charge in [0.1, 0.15) is 5.75 Å². The number of ether oxygens (including phenoxy) is 1. The van der Waals surface area contributed by atoms with Gasteiger partial charge in [-0.05, 0) is 68.4 Å². The van der Waals surface area contributed by atoms with Crippen molar-refractivity contribution in [3.63, 3.8) is 0 Å². The summed E-state index contributed by atoms with van der Waals surface area (Å²) in [5, 5.41) is 5.90. The predicted molar refractivity (Wildman–Crippen MR) is 89.8 cm³/mol. The summed E-state index contributed by atoms with van der Waals surface area (Å²) in [5.74, 6) is 2.92. The van der Waals surface area contributed by atoms with Crippen molar-refractivity contribution in [2.45, 2.75) is 38.5 Å². The summed E-state index contributed by atoms with van der Waals surface area (Å²) in [6.45, 7) is 0.0272. The van der Waals surface area contributed by atoms with Gasteiger partial charge in [-0.1, -0.05) is 0 Å². The maximum atomic E-state index is 13.1. The minimum absolute atomic E-state index is 0.0272. The van der Waals surface area contributed by atoms with Crippen LogP contribution in [0.4, 0.5) is 11.4 Å². The molecule has 24 heavy (non-hydrogen) atoms. The van der Waals surface area contributed by atoms with Gasteiger partial charge in [0.2, 0.25) is 5.91 Å². The molecule has 0 aromatic heterocycles. The summed E-state index contributed by atoms with van der Waals surface area (Å²) in [4.78, 5) is 24.4. The van der Waals surface area contributed by atoms with E-state index in [2.05, 4.69) is 10.6 Å². The maximum Gasteiger partial charge on any atom is 0.262 e. The number of carbonyl (C=O) groups excluding carboxylic acids is 2. The summed E-state index contributed by atoms with van der Waals surface area (Å²) in [7, 11) is 0. The van der Waals surface area contributed by atoms with Crippen molar-refractivity contribution in [1.29, 1.82) is 0 Å². The van der Waals surface area contributed by atoms with Crippen LogP contribution >= 0.6 is 0 Å². The lowest BCUT2D eigenvalue weighted by Crippen LogP contribution is -2.51. The highest BCUT2D eigenvalue weighted by Crippen LogP contribution is 2.60. The maximum absolute atomic E-state index is 13.1. The summed E-state index contributed by atoms with van der Waals surface area (Å²) in [6.07, 6.45) is 7.17. The second-order valence-corrected chi connectivity index (χ2v) is 8.20. The molecular formula is C19H22N2O3. The molecule has 1 aromatic carbocycles. The van der Waals surface area contributed by atoms with Gasteiger partial charge in [-0.25, -0.2) is 0 Å². The first-order chi connectivity index (χ1) is 11.6. The summed E-state index contributed by atoms with van der Waals surface area (Å²) >= 11 is 0. The summed E-state index contributed by atoms with van der Waals surface area (Å²) < 4.78 is 5.44. The van der Waals surface area contributed by atoms with Crippen molar-refractivity contribution >= 4 is 23.2 Å². The first-order valence-electron chi connectivity index (χ1n) is 8.98. The van der Waals surface area contributed by atoms with E-state index in [4.69, 9.17) is 4.74 Å². The summed E-state index contributed by atoms with van der Waals surface area (Å²) in [5.41, 5.74) is 1.27. The molecule has 1 heterocycles. The van der Waals surface area contributed by atoms with Gasteiger partial charge in [0, 0.05) is 11.8 Å². The Balaban J connectivity index is 1.36. The first kappa shape index (κ1) is 14.3. The second kappa shape index (κ2) is 4.98. The molecule has 0 unspecified atom stereocenters. The molecule has 1 aromatic rings. The van der Waals surface area contributed by atoms with Crippen molar-refractivity contribution in [3.05, 3.63) is 18.2 Å². The lowest BCUT2D eigenvalue weighted by atomic mass is 9.49. The standard InChI is InChI=1S/C19H22N2O3/c22-17-10-24-16-6-14(1-2-15(16)21-17)20-18(23)19-7-11-3-12(8-19)5-13(4-11)9-19/h1-2,6,11-13H,3-5,7-10H2,(H,20,23)(H,21,22). The number of anilines is 2. The molecule has 2 amide bonds. The van der Waals surface area contributed by atoms with Gasteiger partial charge in [0.25, 0.3) is 5.91 Å². The average molecular weight is 326 g/mol.